The van der Waals surface area contributed by atoms with Crippen LogP contribution in [0.3, 0.4) is 0 Å². The standard InChI is InChI=1S/C63H108O12/c1-4-7-10-13-16-19-22-25-27-28-30-33-36-39-42-45-48-51-57(66)74-61-59(68)58(67)60(62(69)70)75-63(61)72-53-54(73-56(65)50-47-44-41-38-35-31-24-21-18-15-12-9-6-3)52-71-55(64)49-46-43-40-37-34-32-29-26-23-20-17-14-11-8-5-2/h8,11,17,20,26,29,34,37,43,46,54,58-61,63,67-68H,4-7,9-10,12-16,18-19,21-25,27-28,30-33,35-36,38-42,44-45,47-53H2,1-3H3,(H,69,70)/b11-8-,20-17-,29-26-,37-34-,46-43-. The molecule has 0 saturated carbocycles. The molecule has 0 aromatic heterocycles. The molecule has 1 rings (SSSR count). The number of carbonyl (C=O) groups excluding carboxylic acids is 3. The summed E-state index contributed by atoms with van der Waals surface area (Å²) < 4.78 is 28.3. The topological polar surface area (TPSA) is 175 Å². The quantitative estimate of drug-likeness (QED) is 0.0228. The van der Waals surface area contributed by atoms with E-state index in [1.807, 2.05) is 12.2 Å². The normalized spacial score (nSPS) is 18.5. The van der Waals surface area contributed by atoms with E-state index in [4.69, 9.17) is 23.7 Å². The van der Waals surface area contributed by atoms with Crippen LogP contribution in [-0.2, 0) is 42.9 Å². The first-order chi connectivity index (χ1) is 36.6. The molecule has 0 amide bonds. The Morgan fingerprint density at radius 2 is 0.827 bits per heavy atom. The Labute approximate surface area is 456 Å². The van der Waals surface area contributed by atoms with Crippen LogP contribution in [0.1, 0.15) is 265 Å². The second kappa shape index (κ2) is 51.2. The second-order valence-corrected chi connectivity index (χ2v) is 20.6. The second-order valence-electron chi connectivity index (χ2n) is 20.6. The number of ether oxygens (including phenoxy) is 5. The summed E-state index contributed by atoms with van der Waals surface area (Å²) in [6, 6.07) is 0. The molecule has 6 atom stereocenters. The van der Waals surface area contributed by atoms with Crippen molar-refractivity contribution in [2.75, 3.05) is 13.2 Å². The van der Waals surface area contributed by atoms with E-state index in [1.165, 1.54) is 135 Å². The van der Waals surface area contributed by atoms with Gasteiger partial charge < -0.3 is 39.0 Å². The van der Waals surface area contributed by atoms with E-state index in [2.05, 4.69) is 63.3 Å². The Morgan fingerprint density at radius 1 is 0.453 bits per heavy atom. The molecule has 0 bridgehead atoms. The van der Waals surface area contributed by atoms with Crippen LogP contribution in [0.15, 0.2) is 60.8 Å². The van der Waals surface area contributed by atoms with Gasteiger partial charge in [0.2, 0.25) is 0 Å². The van der Waals surface area contributed by atoms with Crippen LogP contribution in [0.25, 0.3) is 0 Å². The summed E-state index contributed by atoms with van der Waals surface area (Å²) in [5, 5.41) is 31.5. The molecule has 75 heavy (non-hydrogen) atoms. The molecule has 0 aliphatic carbocycles. The number of aliphatic carboxylic acids is 1. The first-order valence-corrected chi connectivity index (χ1v) is 30.3. The summed E-state index contributed by atoms with van der Waals surface area (Å²) in [5.41, 5.74) is 0. The molecule has 0 radical (unpaired) electrons. The number of aliphatic hydroxyl groups is 2. The third-order valence-corrected chi connectivity index (χ3v) is 13.6. The number of carboxylic acids is 1. The molecule has 1 aliphatic rings. The van der Waals surface area contributed by atoms with E-state index in [0.29, 0.717) is 19.3 Å². The average Bonchev–Trinajstić information content (AvgIpc) is 3.39. The number of aliphatic hydroxyl groups excluding tert-OH is 2. The molecule has 12 nitrogen and oxygen atoms in total. The molecule has 12 heteroatoms. The molecule has 1 saturated heterocycles. The highest BCUT2D eigenvalue weighted by Gasteiger charge is 2.50. The molecule has 0 spiro atoms. The highest BCUT2D eigenvalue weighted by atomic mass is 16.7. The van der Waals surface area contributed by atoms with Gasteiger partial charge in [0.1, 0.15) is 18.8 Å². The predicted octanol–water partition coefficient (Wildman–Crippen LogP) is 15.6. The maximum atomic E-state index is 13.1. The molecule has 3 N–H and O–H groups in total. The van der Waals surface area contributed by atoms with Crippen molar-refractivity contribution in [1.82, 2.24) is 0 Å². The number of esters is 3. The Balaban J connectivity index is 2.71. The fourth-order valence-corrected chi connectivity index (χ4v) is 9.03. The highest BCUT2D eigenvalue weighted by Crippen LogP contribution is 2.26. The maximum absolute atomic E-state index is 13.1. The number of carboxylic acid groups (broad SMARTS) is 1. The van der Waals surface area contributed by atoms with Crippen LogP contribution in [-0.4, -0.2) is 89.2 Å². The number of hydrogen-bond acceptors (Lipinski definition) is 11. The van der Waals surface area contributed by atoms with Crippen LogP contribution in [0.2, 0.25) is 0 Å². The number of carbonyl (C=O) groups is 4. The molecular formula is C63H108O12. The Morgan fingerprint density at radius 3 is 1.23 bits per heavy atom. The summed E-state index contributed by atoms with van der Waals surface area (Å²) in [6.45, 7) is 5.81. The number of allylic oxidation sites excluding steroid dienone is 9. The van der Waals surface area contributed by atoms with Crippen LogP contribution >= 0.6 is 0 Å². The Bertz CT molecular complexity index is 1540. The number of unbranched alkanes of at least 4 members (excludes halogenated alkanes) is 28. The largest absolute Gasteiger partial charge is 0.479 e. The van der Waals surface area contributed by atoms with Crippen LogP contribution in [0.4, 0.5) is 0 Å². The van der Waals surface area contributed by atoms with Gasteiger partial charge >= 0.3 is 23.9 Å². The van der Waals surface area contributed by atoms with Crippen molar-refractivity contribution < 1.29 is 58.2 Å². The maximum Gasteiger partial charge on any atom is 0.335 e. The molecule has 432 valence electrons. The van der Waals surface area contributed by atoms with Crippen molar-refractivity contribution in [2.24, 2.45) is 0 Å². The minimum absolute atomic E-state index is 0.0123. The number of rotatable bonds is 51. The van der Waals surface area contributed by atoms with Crippen LogP contribution in [0, 0.1) is 0 Å². The SMILES string of the molecule is CC/C=C\C/C=C\C/C=C\C/C=C\C/C=C\CC(=O)OCC(COC1OC(C(=O)O)C(O)C(O)C1OC(=O)CCCCCCCCCCCCCCCCCCC)OC(=O)CCCCCCCCCCCCCCC. The van der Waals surface area contributed by atoms with Crippen molar-refractivity contribution in [3.05, 3.63) is 60.8 Å². The molecule has 6 unspecified atom stereocenters. The van der Waals surface area contributed by atoms with Crippen molar-refractivity contribution in [2.45, 2.75) is 302 Å². The minimum atomic E-state index is -1.91. The van der Waals surface area contributed by atoms with Gasteiger partial charge in [-0.05, 0) is 44.9 Å². The zero-order chi connectivity index (χ0) is 54.7. The van der Waals surface area contributed by atoms with Crippen LogP contribution in [0.5, 0.6) is 0 Å². The van der Waals surface area contributed by atoms with Crippen molar-refractivity contribution in [1.29, 1.82) is 0 Å². The molecule has 0 aromatic rings. The van der Waals surface area contributed by atoms with Gasteiger partial charge in [0.05, 0.1) is 13.0 Å². The molecule has 1 aliphatic heterocycles. The summed E-state index contributed by atoms with van der Waals surface area (Å²) in [7, 11) is 0. The van der Waals surface area contributed by atoms with Gasteiger partial charge in [0, 0.05) is 12.8 Å². The molecule has 1 heterocycles. The monoisotopic (exact) mass is 1060 g/mol. The Hall–Kier alpha value is -3.58. The van der Waals surface area contributed by atoms with Crippen molar-refractivity contribution >= 4 is 23.9 Å². The van der Waals surface area contributed by atoms with Gasteiger partial charge in [-0.15, -0.1) is 0 Å². The van der Waals surface area contributed by atoms with Gasteiger partial charge in [0.15, 0.2) is 24.6 Å². The zero-order valence-corrected chi connectivity index (χ0v) is 47.5. The van der Waals surface area contributed by atoms with E-state index in [-0.39, 0.29) is 25.9 Å². The van der Waals surface area contributed by atoms with Gasteiger partial charge in [0.25, 0.3) is 0 Å². The minimum Gasteiger partial charge on any atom is -0.479 e. The molecule has 1 fully saturated rings. The smallest absolute Gasteiger partial charge is 0.335 e. The third-order valence-electron chi connectivity index (χ3n) is 13.6. The first kappa shape index (κ1) is 69.4. The van der Waals surface area contributed by atoms with Gasteiger partial charge in [-0.3, -0.25) is 14.4 Å². The van der Waals surface area contributed by atoms with E-state index >= 15 is 0 Å². The van der Waals surface area contributed by atoms with Gasteiger partial charge in [-0.1, -0.05) is 261 Å². The summed E-state index contributed by atoms with van der Waals surface area (Å²) in [6.07, 6.45) is 50.7. The highest BCUT2D eigenvalue weighted by molar-refractivity contribution is 5.74. The molecule has 0 aromatic carbocycles. The van der Waals surface area contributed by atoms with Gasteiger partial charge in [-0.2, -0.15) is 0 Å². The van der Waals surface area contributed by atoms with Crippen molar-refractivity contribution in [3.8, 4) is 0 Å². The predicted molar refractivity (Wildman–Crippen MR) is 303 cm³/mol. The van der Waals surface area contributed by atoms with E-state index in [1.54, 1.807) is 6.08 Å². The fourth-order valence-electron chi connectivity index (χ4n) is 9.03. The third kappa shape index (κ3) is 41.2. The summed E-state index contributed by atoms with van der Waals surface area (Å²) in [4.78, 5) is 51.1. The number of hydrogen-bond donors (Lipinski definition) is 3. The lowest BCUT2D eigenvalue weighted by Gasteiger charge is -2.40. The first-order valence-electron chi connectivity index (χ1n) is 30.3. The fraction of sp³-hybridized carbons (Fsp3) is 0.778. The van der Waals surface area contributed by atoms with E-state index < -0.39 is 67.3 Å². The lowest BCUT2D eigenvalue weighted by Crippen LogP contribution is -2.61. The summed E-state index contributed by atoms with van der Waals surface area (Å²) >= 11 is 0. The Kier molecular flexibility index (Phi) is 47.4. The lowest BCUT2D eigenvalue weighted by molar-refractivity contribution is -0.301. The average molecular weight is 1060 g/mol. The lowest BCUT2D eigenvalue weighted by atomic mass is 9.98. The van der Waals surface area contributed by atoms with E-state index in [9.17, 15) is 34.5 Å². The van der Waals surface area contributed by atoms with Gasteiger partial charge in [-0.25, -0.2) is 4.79 Å². The van der Waals surface area contributed by atoms with Crippen LogP contribution < -0.4 is 0 Å². The zero-order valence-electron chi connectivity index (χ0n) is 47.5. The summed E-state index contributed by atoms with van der Waals surface area (Å²) in [5.74, 6) is -3.26. The van der Waals surface area contributed by atoms with E-state index in [0.717, 1.165) is 70.6 Å². The molecular weight excluding hydrogens is 949 g/mol. The van der Waals surface area contributed by atoms with Crippen molar-refractivity contribution in [3.63, 3.8) is 0 Å².